The van der Waals surface area contributed by atoms with Crippen LogP contribution < -0.4 is 0 Å². The zero-order valence-electron chi connectivity index (χ0n) is 67.3. The number of ether oxygens (including phenoxy) is 4. The lowest BCUT2D eigenvalue weighted by Gasteiger charge is -2.21. The Morgan fingerprint density at radius 2 is 0.524 bits per heavy atom. The molecular formula is C84H160O17P2. The number of phosphoric ester groups is 2. The van der Waals surface area contributed by atoms with Crippen molar-refractivity contribution in [2.75, 3.05) is 39.6 Å². The molecule has 0 aliphatic rings. The highest BCUT2D eigenvalue weighted by atomic mass is 31.2. The molecule has 0 bridgehead atoms. The Labute approximate surface area is 631 Å². The summed E-state index contributed by atoms with van der Waals surface area (Å²) in [6.07, 6.45) is 66.3. The maximum atomic E-state index is 13.1. The summed E-state index contributed by atoms with van der Waals surface area (Å²) in [6.45, 7) is 11.9. The van der Waals surface area contributed by atoms with Crippen LogP contribution >= 0.6 is 15.6 Å². The largest absolute Gasteiger partial charge is 0.472 e. The SMILES string of the molecule is CCCCCC/C=C\C=C/CCCCCCCC(=O)OC[C@H](COP(=O)(O)OCC(O)COP(=O)(O)OC[C@@H](COC(=O)CCCCCCCCC(C)C)OC(=O)CCCCCCCCCCCCCCCCCCCCC(C)C)OC(=O)CCCCCCCCCCCCCCCCCC(C)C. The second-order valence-electron chi connectivity index (χ2n) is 31.0. The Morgan fingerprint density at radius 3 is 0.786 bits per heavy atom. The van der Waals surface area contributed by atoms with E-state index in [9.17, 15) is 43.2 Å². The molecule has 0 radical (unpaired) electrons. The highest BCUT2D eigenvalue weighted by Gasteiger charge is 2.30. The van der Waals surface area contributed by atoms with E-state index in [1.807, 2.05) is 0 Å². The highest BCUT2D eigenvalue weighted by Crippen LogP contribution is 2.45. The summed E-state index contributed by atoms with van der Waals surface area (Å²) in [5.41, 5.74) is 0. The van der Waals surface area contributed by atoms with Crippen LogP contribution in [0.4, 0.5) is 0 Å². The Balaban J connectivity index is 5.22. The first-order chi connectivity index (χ1) is 49.7. The number of hydrogen-bond acceptors (Lipinski definition) is 15. The van der Waals surface area contributed by atoms with Gasteiger partial charge < -0.3 is 33.8 Å². The fourth-order valence-electron chi connectivity index (χ4n) is 12.5. The minimum Gasteiger partial charge on any atom is -0.462 e. The molecule has 17 nitrogen and oxygen atoms in total. The second-order valence-corrected chi connectivity index (χ2v) is 33.9. The van der Waals surface area contributed by atoms with Crippen LogP contribution in [-0.2, 0) is 65.4 Å². The number of carbonyl (C=O) groups excluding carboxylic acids is 4. The molecule has 0 saturated carbocycles. The first-order valence-electron chi connectivity index (χ1n) is 42.7. The molecule has 0 heterocycles. The zero-order valence-corrected chi connectivity index (χ0v) is 69.1. The van der Waals surface area contributed by atoms with E-state index in [1.54, 1.807) is 0 Å². The zero-order chi connectivity index (χ0) is 75.8. The summed E-state index contributed by atoms with van der Waals surface area (Å²) in [5, 5.41) is 10.6. The summed E-state index contributed by atoms with van der Waals surface area (Å²) < 4.78 is 68.7. The summed E-state index contributed by atoms with van der Waals surface area (Å²) in [5.74, 6) is 0.157. The number of esters is 4. The number of unbranched alkanes of at least 4 members (excludes halogenated alkanes) is 45. The maximum absolute atomic E-state index is 13.1. The molecule has 0 spiro atoms. The molecular weight excluding hydrogens is 1340 g/mol. The summed E-state index contributed by atoms with van der Waals surface area (Å²) >= 11 is 0. The van der Waals surface area contributed by atoms with Crippen molar-refractivity contribution >= 4 is 39.5 Å². The van der Waals surface area contributed by atoms with Crippen molar-refractivity contribution in [3.05, 3.63) is 24.3 Å². The van der Waals surface area contributed by atoms with E-state index >= 15 is 0 Å². The van der Waals surface area contributed by atoms with E-state index < -0.39 is 97.5 Å². The van der Waals surface area contributed by atoms with Crippen molar-refractivity contribution in [1.82, 2.24) is 0 Å². The van der Waals surface area contributed by atoms with E-state index in [1.165, 1.54) is 199 Å². The van der Waals surface area contributed by atoms with Crippen molar-refractivity contribution in [3.63, 3.8) is 0 Å². The Bertz CT molecular complexity index is 2090. The van der Waals surface area contributed by atoms with Gasteiger partial charge in [0.15, 0.2) is 12.2 Å². The fraction of sp³-hybridized carbons (Fsp3) is 0.905. The molecule has 0 aromatic carbocycles. The van der Waals surface area contributed by atoms with Crippen molar-refractivity contribution in [1.29, 1.82) is 0 Å². The van der Waals surface area contributed by atoms with Gasteiger partial charge in [0.1, 0.15) is 19.3 Å². The van der Waals surface area contributed by atoms with Crippen LogP contribution in [0.3, 0.4) is 0 Å². The van der Waals surface area contributed by atoms with Gasteiger partial charge >= 0.3 is 39.5 Å². The van der Waals surface area contributed by atoms with E-state index in [0.29, 0.717) is 31.6 Å². The van der Waals surface area contributed by atoms with Gasteiger partial charge in [-0.2, -0.15) is 0 Å². The molecule has 3 N–H and O–H groups in total. The molecule has 0 fully saturated rings. The number of phosphoric acid groups is 2. The molecule has 0 rings (SSSR count). The molecule has 103 heavy (non-hydrogen) atoms. The number of hydrogen-bond donors (Lipinski definition) is 3. The molecule has 0 aromatic rings. The lowest BCUT2D eigenvalue weighted by Crippen LogP contribution is -2.30. The van der Waals surface area contributed by atoms with Gasteiger partial charge in [0, 0.05) is 25.7 Å². The summed E-state index contributed by atoms with van der Waals surface area (Å²) in [6, 6.07) is 0. The average molecular weight is 1500 g/mol. The second kappa shape index (κ2) is 73.7. The molecule has 0 aliphatic carbocycles. The van der Waals surface area contributed by atoms with Crippen molar-refractivity contribution in [3.8, 4) is 0 Å². The molecule has 5 atom stereocenters. The molecule has 0 saturated heterocycles. The number of rotatable bonds is 80. The van der Waals surface area contributed by atoms with Gasteiger partial charge in [0.2, 0.25) is 0 Å². The van der Waals surface area contributed by atoms with Crippen LogP contribution in [0.2, 0.25) is 0 Å². The molecule has 19 heteroatoms. The third-order valence-corrected chi connectivity index (χ3v) is 20.9. The Kier molecular flexibility index (Phi) is 71.9. The van der Waals surface area contributed by atoms with Gasteiger partial charge in [-0.25, -0.2) is 9.13 Å². The van der Waals surface area contributed by atoms with Crippen LogP contribution in [-0.4, -0.2) is 96.7 Å². The first-order valence-corrected chi connectivity index (χ1v) is 45.7. The first kappa shape index (κ1) is 101. The minimum atomic E-state index is -4.97. The standard InChI is InChI=1S/C84H160O17P2/c1-8-9-10-11-12-13-14-15-21-28-33-38-43-51-58-65-81(86)94-71-79(100-83(88)67-61-54-45-40-35-30-25-20-23-27-32-37-42-49-56-63-76(4)5)73-98-102(90,91)96-69-78(85)70-97-103(92,93)99-74-80(72-95-82(87)66-59-52-47-46-50-57-64-77(6)7)101-84(89)68-60-53-44-39-34-29-24-19-17-16-18-22-26-31-36-41-48-55-62-75(2)3/h13-15,21,75-80,85H,8-12,16-20,22-74H2,1-7H3,(H,90,91)(H,92,93)/b14-13-,21-15-/t78?,79-,80-/m1/s1. The van der Waals surface area contributed by atoms with Crippen molar-refractivity contribution in [2.45, 2.75) is 433 Å². The van der Waals surface area contributed by atoms with Gasteiger partial charge in [-0.15, -0.1) is 0 Å². The van der Waals surface area contributed by atoms with E-state index in [-0.39, 0.29) is 25.7 Å². The summed E-state index contributed by atoms with van der Waals surface area (Å²) in [7, 11) is -9.94. The lowest BCUT2D eigenvalue weighted by molar-refractivity contribution is -0.161. The van der Waals surface area contributed by atoms with Crippen LogP contribution in [0.5, 0.6) is 0 Å². The number of carbonyl (C=O) groups is 4. The van der Waals surface area contributed by atoms with Crippen molar-refractivity contribution < 1.29 is 80.2 Å². The average Bonchev–Trinajstić information content (AvgIpc) is 0.922. The Hall–Kier alpha value is -2.46. The predicted molar refractivity (Wildman–Crippen MR) is 423 cm³/mol. The quantitative estimate of drug-likeness (QED) is 0.0169. The van der Waals surface area contributed by atoms with Crippen LogP contribution in [0.1, 0.15) is 414 Å². The fourth-order valence-corrected chi connectivity index (χ4v) is 14.1. The number of allylic oxidation sites excluding steroid dienone is 4. The molecule has 0 aliphatic heterocycles. The monoisotopic (exact) mass is 1500 g/mol. The highest BCUT2D eigenvalue weighted by molar-refractivity contribution is 7.47. The molecule has 0 aromatic heterocycles. The van der Waals surface area contributed by atoms with Crippen LogP contribution in [0, 0.1) is 17.8 Å². The molecule has 0 amide bonds. The van der Waals surface area contributed by atoms with Gasteiger partial charge in [-0.05, 0) is 69.1 Å². The van der Waals surface area contributed by atoms with Crippen LogP contribution in [0.15, 0.2) is 24.3 Å². The van der Waals surface area contributed by atoms with Gasteiger partial charge in [0.05, 0.1) is 26.4 Å². The lowest BCUT2D eigenvalue weighted by atomic mass is 10.0. The minimum absolute atomic E-state index is 0.101. The van der Waals surface area contributed by atoms with Gasteiger partial charge in [0.25, 0.3) is 0 Å². The maximum Gasteiger partial charge on any atom is 0.472 e. The van der Waals surface area contributed by atoms with E-state index in [4.69, 9.17) is 37.0 Å². The number of aliphatic hydroxyl groups is 1. The van der Waals surface area contributed by atoms with Gasteiger partial charge in [-0.1, -0.05) is 362 Å². The summed E-state index contributed by atoms with van der Waals surface area (Å²) in [4.78, 5) is 73.0. The predicted octanol–water partition coefficient (Wildman–Crippen LogP) is 24.9. The van der Waals surface area contributed by atoms with Gasteiger partial charge in [-0.3, -0.25) is 37.3 Å². The molecule has 3 unspecified atom stereocenters. The normalized spacial score (nSPS) is 14.1. The van der Waals surface area contributed by atoms with Crippen LogP contribution in [0.25, 0.3) is 0 Å². The topological polar surface area (TPSA) is 237 Å². The van der Waals surface area contributed by atoms with E-state index in [0.717, 1.165) is 127 Å². The third kappa shape index (κ3) is 77.5. The number of aliphatic hydroxyl groups excluding tert-OH is 1. The van der Waals surface area contributed by atoms with Crippen molar-refractivity contribution in [2.24, 2.45) is 17.8 Å². The van der Waals surface area contributed by atoms with E-state index in [2.05, 4.69) is 72.8 Å². The Morgan fingerprint density at radius 1 is 0.301 bits per heavy atom. The third-order valence-electron chi connectivity index (χ3n) is 19.0. The molecule has 608 valence electrons. The smallest absolute Gasteiger partial charge is 0.462 e.